The largest absolute Gasteiger partial charge is 0.454 e. The number of halogens is 2. The number of nitrogens with two attached hydrogens (primary N) is 1. The SMILES string of the molecule is CCCn1ncnc1COC(=O)c1cc(F)c(N)cc1F. The van der Waals surface area contributed by atoms with E-state index in [-0.39, 0.29) is 12.3 Å². The Balaban J connectivity index is 2.08. The summed E-state index contributed by atoms with van der Waals surface area (Å²) in [4.78, 5) is 15.7. The molecule has 0 radical (unpaired) electrons. The number of aryl methyl sites for hydroxylation is 1. The van der Waals surface area contributed by atoms with E-state index >= 15 is 0 Å². The molecule has 1 heterocycles. The fraction of sp³-hybridized carbons (Fsp3) is 0.308. The lowest BCUT2D eigenvalue weighted by Crippen LogP contribution is -2.12. The molecule has 0 fully saturated rings. The minimum atomic E-state index is -0.988. The Morgan fingerprint density at radius 2 is 2.14 bits per heavy atom. The van der Waals surface area contributed by atoms with Gasteiger partial charge in [-0.15, -0.1) is 0 Å². The van der Waals surface area contributed by atoms with Crippen LogP contribution in [0.2, 0.25) is 0 Å². The molecule has 0 aliphatic rings. The number of nitrogen functional groups attached to an aromatic ring is 1. The van der Waals surface area contributed by atoms with E-state index in [0.717, 1.165) is 12.5 Å². The zero-order valence-corrected chi connectivity index (χ0v) is 11.3. The van der Waals surface area contributed by atoms with Gasteiger partial charge in [-0.25, -0.2) is 23.2 Å². The zero-order valence-electron chi connectivity index (χ0n) is 11.3. The van der Waals surface area contributed by atoms with Crippen molar-refractivity contribution >= 4 is 11.7 Å². The fourth-order valence-electron chi connectivity index (χ4n) is 1.72. The van der Waals surface area contributed by atoms with E-state index in [1.54, 1.807) is 4.68 Å². The number of nitrogens with zero attached hydrogens (tertiary/aromatic N) is 3. The van der Waals surface area contributed by atoms with Crippen molar-refractivity contribution in [2.45, 2.75) is 26.5 Å². The summed E-state index contributed by atoms with van der Waals surface area (Å²) in [7, 11) is 0. The van der Waals surface area contributed by atoms with Crippen molar-refractivity contribution in [3.63, 3.8) is 0 Å². The smallest absolute Gasteiger partial charge is 0.341 e. The predicted octanol–water partition coefficient (Wildman–Crippen LogP) is 1.91. The third-order valence-electron chi connectivity index (χ3n) is 2.77. The predicted molar refractivity (Wildman–Crippen MR) is 70.2 cm³/mol. The molecule has 0 saturated heterocycles. The Kier molecular flexibility index (Phi) is 4.46. The maximum absolute atomic E-state index is 13.6. The lowest BCUT2D eigenvalue weighted by Gasteiger charge is -2.07. The molecule has 0 aliphatic heterocycles. The van der Waals surface area contributed by atoms with Crippen LogP contribution in [0.5, 0.6) is 0 Å². The summed E-state index contributed by atoms with van der Waals surface area (Å²) in [6.07, 6.45) is 2.17. The number of benzene rings is 1. The van der Waals surface area contributed by atoms with Crippen LogP contribution in [0.25, 0.3) is 0 Å². The van der Waals surface area contributed by atoms with Gasteiger partial charge in [-0.05, 0) is 12.5 Å². The Labute approximate surface area is 119 Å². The van der Waals surface area contributed by atoms with E-state index in [4.69, 9.17) is 10.5 Å². The number of hydrogen-bond donors (Lipinski definition) is 1. The molecule has 1 aromatic heterocycles. The van der Waals surface area contributed by atoms with Crippen molar-refractivity contribution in [2.75, 3.05) is 5.73 Å². The molecule has 2 aromatic rings. The average Bonchev–Trinajstić information content (AvgIpc) is 2.88. The molecule has 6 nitrogen and oxygen atoms in total. The molecular weight excluding hydrogens is 282 g/mol. The van der Waals surface area contributed by atoms with Crippen LogP contribution in [0, 0.1) is 11.6 Å². The van der Waals surface area contributed by atoms with Gasteiger partial charge in [0, 0.05) is 12.6 Å². The molecule has 112 valence electrons. The average molecular weight is 296 g/mol. The zero-order chi connectivity index (χ0) is 15.4. The Bertz CT molecular complexity index is 658. The van der Waals surface area contributed by atoms with E-state index in [1.807, 2.05) is 6.92 Å². The van der Waals surface area contributed by atoms with Gasteiger partial charge in [-0.2, -0.15) is 5.10 Å². The highest BCUT2D eigenvalue weighted by molar-refractivity contribution is 5.90. The van der Waals surface area contributed by atoms with Crippen LogP contribution >= 0.6 is 0 Å². The van der Waals surface area contributed by atoms with Crippen LogP contribution in [-0.4, -0.2) is 20.7 Å². The standard InChI is InChI=1S/C13H14F2N4O2/c1-2-3-19-12(17-7-18-19)6-21-13(20)8-4-10(15)11(16)5-9(8)14/h4-5,7H,2-3,6,16H2,1H3. The molecule has 2 N–H and O–H groups in total. The van der Waals surface area contributed by atoms with Gasteiger partial charge in [0.15, 0.2) is 12.4 Å². The van der Waals surface area contributed by atoms with Crippen molar-refractivity contribution < 1.29 is 18.3 Å². The topological polar surface area (TPSA) is 83.0 Å². The quantitative estimate of drug-likeness (QED) is 0.673. The second kappa shape index (κ2) is 6.29. The highest BCUT2D eigenvalue weighted by Crippen LogP contribution is 2.17. The van der Waals surface area contributed by atoms with E-state index in [9.17, 15) is 13.6 Å². The summed E-state index contributed by atoms with van der Waals surface area (Å²) in [6.45, 7) is 2.41. The number of anilines is 1. The van der Waals surface area contributed by atoms with Crippen molar-refractivity contribution in [3.8, 4) is 0 Å². The van der Waals surface area contributed by atoms with Crippen molar-refractivity contribution in [2.24, 2.45) is 0 Å². The first-order chi connectivity index (χ1) is 10.0. The molecule has 0 saturated carbocycles. The van der Waals surface area contributed by atoms with Crippen molar-refractivity contribution in [3.05, 3.63) is 41.5 Å². The van der Waals surface area contributed by atoms with E-state index in [0.29, 0.717) is 18.4 Å². The number of ether oxygens (including phenoxy) is 1. The van der Waals surface area contributed by atoms with Gasteiger partial charge in [-0.1, -0.05) is 6.92 Å². The first kappa shape index (κ1) is 14.9. The van der Waals surface area contributed by atoms with E-state index in [1.165, 1.54) is 6.33 Å². The van der Waals surface area contributed by atoms with Gasteiger partial charge < -0.3 is 10.5 Å². The summed E-state index contributed by atoms with van der Waals surface area (Å²) in [6, 6.07) is 1.45. The molecule has 1 aromatic carbocycles. The Hall–Kier alpha value is -2.51. The summed E-state index contributed by atoms with van der Waals surface area (Å²) < 4.78 is 33.3. The van der Waals surface area contributed by atoms with Gasteiger partial charge in [0.1, 0.15) is 18.0 Å². The Morgan fingerprint density at radius 1 is 1.38 bits per heavy atom. The van der Waals surface area contributed by atoms with Crippen molar-refractivity contribution in [1.29, 1.82) is 0 Å². The van der Waals surface area contributed by atoms with E-state index < -0.39 is 23.2 Å². The van der Waals surface area contributed by atoms with Crippen LogP contribution in [-0.2, 0) is 17.9 Å². The molecule has 21 heavy (non-hydrogen) atoms. The minimum absolute atomic E-state index is 0.176. The number of hydrogen-bond acceptors (Lipinski definition) is 5. The fourth-order valence-corrected chi connectivity index (χ4v) is 1.72. The molecular formula is C13H14F2N4O2. The third-order valence-corrected chi connectivity index (χ3v) is 2.77. The lowest BCUT2D eigenvalue weighted by molar-refractivity contribution is 0.0450. The summed E-state index contributed by atoms with van der Waals surface area (Å²) in [5, 5.41) is 3.96. The maximum atomic E-state index is 13.6. The minimum Gasteiger partial charge on any atom is -0.454 e. The maximum Gasteiger partial charge on any atom is 0.341 e. The summed E-state index contributed by atoms with van der Waals surface area (Å²) in [5.74, 6) is -2.37. The first-order valence-electron chi connectivity index (χ1n) is 6.31. The highest BCUT2D eigenvalue weighted by atomic mass is 19.1. The molecule has 0 aliphatic carbocycles. The molecule has 0 amide bonds. The van der Waals surface area contributed by atoms with Crippen LogP contribution in [0.3, 0.4) is 0 Å². The van der Waals surface area contributed by atoms with Crippen LogP contribution in [0.1, 0.15) is 29.5 Å². The van der Waals surface area contributed by atoms with Gasteiger partial charge in [-0.3, -0.25) is 0 Å². The number of carbonyl (C=O) groups is 1. The van der Waals surface area contributed by atoms with Gasteiger partial charge in [0.05, 0.1) is 11.3 Å². The molecule has 8 heteroatoms. The number of esters is 1. The van der Waals surface area contributed by atoms with Crippen LogP contribution < -0.4 is 5.73 Å². The third kappa shape index (κ3) is 3.33. The van der Waals surface area contributed by atoms with Gasteiger partial charge in [0.2, 0.25) is 0 Å². The normalized spacial score (nSPS) is 10.6. The number of carbonyl (C=O) groups excluding carboxylic acids is 1. The summed E-state index contributed by atoms with van der Waals surface area (Å²) >= 11 is 0. The van der Waals surface area contributed by atoms with Gasteiger partial charge >= 0.3 is 5.97 Å². The molecule has 0 spiro atoms. The number of aromatic nitrogens is 3. The molecule has 0 atom stereocenters. The Morgan fingerprint density at radius 3 is 2.86 bits per heavy atom. The molecule has 0 unspecified atom stereocenters. The van der Waals surface area contributed by atoms with Crippen LogP contribution in [0.15, 0.2) is 18.5 Å². The monoisotopic (exact) mass is 296 g/mol. The molecule has 0 bridgehead atoms. The molecule has 2 rings (SSSR count). The summed E-state index contributed by atoms with van der Waals surface area (Å²) in [5.41, 5.74) is 4.33. The van der Waals surface area contributed by atoms with Crippen LogP contribution in [0.4, 0.5) is 14.5 Å². The lowest BCUT2D eigenvalue weighted by atomic mass is 10.2. The van der Waals surface area contributed by atoms with Crippen molar-refractivity contribution in [1.82, 2.24) is 14.8 Å². The highest BCUT2D eigenvalue weighted by Gasteiger charge is 2.17. The number of rotatable bonds is 5. The first-order valence-corrected chi connectivity index (χ1v) is 6.31. The van der Waals surface area contributed by atoms with Gasteiger partial charge in [0.25, 0.3) is 0 Å². The van der Waals surface area contributed by atoms with E-state index in [2.05, 4.69) is 10.1 Å². The second-order valence-electron chi connectivity index (χ2n) is 4.33. The second-order valence-corrected chi connectivity index (χ2v) is 4.33.